The lowest BCUT2D eigenvalue weighted by molar-refractivity contribution is -0.384. The highest BCUT2D eigenvalue weighted by atomic mass is 32.2. The molecule has 0 aromatic heterocycles. The second kappa shape index (κ2) is 7.48. The van der Waals surface area contributed by atoms with E-state index in [9.17, 15) is 14.9 Å². The smallest absolute Gasteiger partial charge is 0.270 e. The minimum atomic E-state index is -0.465. The molecule has 0 bridgehead atoms. The third-order valence-electron chi connectivity index (χ3n) is 2.98. The van der Waals surface area contributed by atoms with Crippen LogP contribution in [0.4, 0.5) is 5.69 Å². The van der Waals surface area contributed by atoms with Gasteiger partial charge in [-0.05, 0) is 18.1 Å². The maximum absolute atomic E-state index is 12.3. The van der Waals surface area contributed by atoms with Crippen molar-refractivity contribution in [2.24, 2.45) is 0 Å². The van der Waals surface area contributed by atoms with Gasteiger partial charge in [0.1, 0.15) is 4.32 Å². The average Bonchev–Trinajstić information content (AvgIpc) is 2.75. The van der Waals surface area contributed by atoms with Gasteiger partial charge in [0.25, 0.3) is 11.6 Å². The Kier molecular flexibility index (Phi) is 5.64. The zero-order valence-corrected chi connectivity index (χ0v) is 13.5. The number of nitro benzene ring substituents is 1. The van der Waals surface area contributed by atoms with E-state index in [-0.39, 0.29) is 11.6 Å². The van der Waals surface area contributed by atoms with E-state index in [1.54, 1.807) is 25.3 Å². The quantitative estimate of drug-likeness (QED) is 0.261. The number of hydrogen-bond acceptors (Lipinski definition) is 6. The lowest BCUT2D eigenvalue weighted by Gasteiger charge is -2.13. The van der Waals surface area contributed by atoms with E-state index in [2.05, 4.69) is 0 Å². The number of thiocarbonyl (C=S) groups is 1. The van der Waals surface area contributed by atoms with E-state index in [1.165, 1.54) is 28.8 Å². The molecule has 116 valence electrons. The predicted octanol–water partition coefficient (Wildman–Crippen LogP) is 2.83. The van der Waals surface area contributed by atoms with E-state index < -0.39 is 4.92 Å². The molecule has 1 aliphatic rings. The Bertz CT molecular complexity index is 645. The number of ether oxygens (including phenoxy) is 1. The first-order chi connectivity index (χ1) is 10.5. The molecule has 1 aliphatic heterocycles. The van der Waals surface area contributed by atoms with Crippen molar-refractivity contribution < 1.29 is 14.5 Å². The molecule has 0 saturated carbocycles. The fourth-order valence-electron chi connectivity index (χ4n) is 1.94. The summed E-state index contributed by atoms with van der Waals surface area (Å²) < 4.78 is 5.46. The van der Waals surface area contributed by atoms with Crippen LogP contribution in [0.1, 0.15) is 12.0 Å². The molecule has 1 saturated heterocycles. The van der Waals surface area contributed by atoms with Crippen molar-refractivity contribution in [3.8, 4) is 0 Å². The first-order valence-corrected chi connectivity index (χ1v) is 7.74. The van der Waals surface area contributed by atoms with Crippen LogP contribution in [0, 0.1) is 10.1 Å². The molecule has 1 aromatic rings. The summed E-state index contributed by atoms with van der Waals surface area (Å²) in [6.07, 6.45) is 2.33. The van der Waals surface area contributed by atoms with Crippen LogP contribution in [0.25, 0.3) is 6.08 Å². The van der Waals surface area contributed by atoms with Gasteiger partial charge < -0.3 is 4.74 Å². The summed E-state index contributed by atoms with van der Waals surface area (Å²) in [7, 11) is 1.60. The van der Waals surface area contributed by atoms with Crippen molar-refractivity contribution in [3.63, 3.8) is 0 Å². The molecule has 0 radical (unpaired) electrons. The highest BCUT2D eigenvalue weighted by Gasteiger charge is 2.31. The Morgan fingerprint density at radius 1 is 1.50 bits per heavy atom. The van der Waals surface area contributed by atoms with Crippen LogP contribution in [0.3, 0.4) is 0 Å². The molecule has 1 amide bonds. The summed E-state index contributed by atoms with van der Waals surface area (Å²) in [6, 6.07) is 6.14. The lowest BCUT2D eigenvalue weighted by Crippen LogP contribution is -2.29. The fourth-order valence-corrected chi connectivity index (χ4v) is 3.25. The molecule has 0 unspecified atom stereocenters. The Morgan fingerprint density at radius 2 is 2.27 bits per heavy atom. The summed E-state index contributed by atoms with van der Waals surface area (Å²) in [4.78, 5) is 24.6. The first kappa shape index (κ1) is 16.6. The van der Waals surface area contributed by atoms with Crippen molar-refractivity contribution in [1.29, 1.82) is 0 Å². The Balaban J connectivity index is 2.15. The average molecular weight is 338 g/mol. The summed E-state index contributed by atoms with van der Waals surface area (Å²) in [6.45, 7) is 1.06. The van der Waals surface area contributed by atoms with E-state index in [0.29, 0.717) is 34.4 Å². The van der Waals surface area contributed by atoms with Gasteiger partial charge in [0.2, 0.25) is 0 Å². The summed E-state index contributed by atoms with van der Waals surface area (Å²) in [5.41, 5.74) is 0.593. The normalized spacial score (nSPS) is 16.6. The predicted molar refractivity (Wildman–Crippen MR) is 89.5 cm³/mol. The molecule has 0 spiro atoms. The monoisotopic (exact) mass is 338 g/mol. The van der Waals surface area contributed by atoms with Crippen LogP contribution in [-0.2, 0) is 9.53 Å². The fraction of sp³-hybridized carbons (Fsp3) is 0.286. The molecule has 0 atom stereocenters. The second-order valence-electron chi connectivity index (χ2n) is 4.53. The molecule has 6 nitrogen and oxygen atoms in total. The number of carbonyl (C=O) groups is 1. The summed E-state index contributed by atoms with van der Waals surface area (Å²) in [5.74, 6) is -0.169. The van der Waals surface area contributed by atoms with Gasteiger partial charge in [-0.2, -0.15) is 0 Å². The largest absolute Gasteiger partial charge is 0.385 e. The van der Waals surface area contributed by atoms with Crippen LogP contribution in [0.5, 0.6) is 0 Å². The lowest BCUT2D eigenvalue weighted by atomic mass is 10.2. The maximum Gasteiger partial charge on any atom is 0.270 e. The molecular formula is C14H14N2O4S2. The Labute approximate surface area is 137 Å². The number of carbonyl (C=O) groups excluding carboxylic acids is 1. The highest BCUT2D eigenvalue weighted by molar-refractivity contribution is 8.26. The molecule has 8 heteroatoms. The molecule has 1 aromatic carbocycles. The molecule has 1 heterocycles. The minimum absolute atomic E-state index is 0.00989. The van der Waals surface area contributed by atoms with Crippen molar-refractivity contribution in [3.05, 3.63) is 44.8 Å². The second-order valence-corrected chi connectivity index (χ2v) is 6.21. The molecule has 0 N–H and O–H groups in total. The number of thioether (sulfide) groups is 1. The van der Waals surface area contributed by atoms with E-state index in [1.807, 2.05) is 0 Å². The number of amides is 1. The van der Waals surface area contributed by atoms with Crippen LogP contribution in [0.2, 0.25) is 0 Å². The topological polar surface area (TPSA) is 72.7 Å². The van der Waals surface area contributed by atoms with Crippen molar-refractivity contribution in [2.45, 2.75) is 6.42 Å². The van der Waals surface area contributed by atoms with Gasteiger partial charge in [0.15, 0.2) is 0 Å². The molecule has 22 heavy (non-hydrogen) atoms. The number of non-ortho nitro benzene ring substituents is 1. The van der Waals surface area contributed by atoms with Crippen LogP contribution < -0.4 is 0 Å². The standard InChI is InChI=1S/C14H14N2O4S2/c1-20-7-3-6-15-13(17)12(22-14(15)21)9-10-4-2-5-11(8-10)16(18)19/h2,4-5,8-9H,3,6-7H2,1H3. The van der Waals surface area contributed by atoms with Crippen molar-refractivity contribution in [1.82, 2.24) is 4.90 Å². The first-order valence-electron chi connectivity index (χ1n) is 6.51. The minimum Gasteiger partial charge on any atom is -0.385 e. The number of benzene rings is 1. The summed E-state index contributed by atoms with van der Waals surface area (Å²) >= 11 is 6.41. The number of nitrogens with zero attached hydrogens (tertiary/aromatic N) is 2. The number of methoxy groups -OCH3 is 1. The zero-order chi connectivity index (χ0) is 16.1. The molecule has 1 fully saturated rings. The number of nitro groups is 1. The van der Waals surface area contributed by atoms with E-state index >= 15 is 0 Å². The number of hydrogen-bond donors (Lipinski definition) is 0. The van der Waals surface area contributed by atoms with Crippen LogP contribution in [0.15, 0.2) is 29.2 Å². The number of rotatable bonds is 6. The van der Waals surface area contributed by atoms with Gasteiger partial charge in [-0.3, -0.25) is 19.8 Å². The third kappa shape index (κ3) is 3.90. The zero-order valence-electron chi connectivity index (χ0n) is 11.9. The van der Waals surface area contributed by atoms with Crippen molar-refractivity contribution in [2.75, 3.05) is 20.3 Å². The van der Waals surface area contributed by atoms with Gasteiger partial charge in [-0.15, -0.1) is 0 Å². The summed E-state index contributed by atoms with van der Waals surface area (Å²) in [5, 5.41) is 10.8. The van der Waals surface area contributed by atoms with Gasteiger partial charge in [-0.25, -0.2) is 0 Å². The van der Waals surface area contributed by atoms with Crippen molar-refractivity contribution >= 4 is 46.0 Å². The van der Waals surface area contributed by atoms with Gasteiger partial charge >= 0.3 is 0 Å². The molecule has 2 rings (SSSR count). The Morgan fingerprint density at radius 3 is 2.95 bits per heavy atom. The van der Waals surface area contributed by atoms with E-state index in [0.717, 1.165) is 0 Å². The van der Waals surface area contributed by atoms with E-state index in [4.69, 9.17) is 17.0 Å². The van der Waals surface area contributed by atoms with Crippen LogP contribution >= 0.6 is 24.0 Å². The van der Waals surface area contributed by atoms with Crippen LogP contribution in [-0.4, -0.2) is 40.3 Å². The van der Waals surface area contributed by atoms with Gasteiger partial charge in [0, 0.05) is 32.4 Å². The Hall–Kier alpha value is -1.77. The molecular weight excluding hydrogens is 324 g/mol. The molecule has 0 aliphatic carbocycles. The maximum atomic E-state index is 12.3. The SMILES string of the molecule is COCCCN1C(=O)C(=Cc2cccc([N+](=O)[O-])c2)SC1=S. The highest BCUT2D eigenvalue weighted by Crippen LogP contribution is 2.32. The van der Waals surface area contributed by atoms with Gasteiger partial charge in [-0.1, -0.05) is 36.1 Å². The van der Waals surface area contributed by atoms with Gasteiger partial charge in [0.05, 0.1) is 9.83 Å². The third-order valence-corrected chi connectivity index (χ3v) is 4.36.